The normalized spacial score (nSPS) is 11.5. The first-order valence-corrected chi connectivity index (χ1v) is 5.94. The molecular weight excluding hydrogens is 259 g/mol. The molecule has 0 spiro atoms. The van der Waals surface area contributed by atoms with Crippen molar-refractivity contribution in [2.24, 2.45) is 0 Å². The van der Waals surface area contributed by atoms with Crippen molar-refractivity contribution < 1.29 is 13.2 Å². The first kappa shape index (κ1) is 12.8. The van der Waals surface area contributed by atoms with Gasteiger partial charge in [0.25, 0.3) is 0 Å². The number of hydrogen-bond donors (Lipinski definition) is 0. The van der Waals surface area contributed by atoms with Gasteiger partial charge in [-0.3, -0.25) is 0 Å². The molecule has 0 unspecified atom stereocenters. The maximum atomic E-state index is 12.2. The molecule has 0 fully saturated rings. The zero-order valence-corrected chi connectivity index (χ0v) is 9.98. The topological polar surface area (TPSA) is 23.8 Å². The molecule has 0 heterocycles. The van der Waals surface area contributed by atoms with E-state index >= 15 is 0 Å². The summed E-state index contributed by atoms with van der Waals surface area (Å²) in [6.45, 7) is 0. The lowest BCUT2D eigenvalue weighted by molar-refractivity contribution is -0.0328. The molecular formula is C13H9F3NS-. The van der Waals surface area contributed by atoms with Crippen molar-refractivity contribution in [2.75, 3.05) is 0 Å². The Morgan fingerprint density at radius 2 is 1.50 bits per heavy atom. The molecule has 0 aliphatic rings. The Balaban J connectivity index is 2.26. The molecule has 18 heavy (non-hydrogen) atoms. The smallest absolute Gasteiger partial charge is 0.446 e. The molecule has 1 nitrogen and oxygen atoms in total. The molecule has 94 valence electrons. The van der Waals surface area contributed by atoms with Crippen LogP contribution in [0.5, 0.6) is 0 Å². The van der Waals surface area contributed by atoms with Crippen molar-refractivity contribution in [3.05, 3.63) is 54.3 Å². The number of nitrogens with one attached hydrogen (secondary N) is 1. The second kappa shape index (κ2) is 4.94. The summed E-state index contributed by atoms with van der Waals surface area (Å²) in [5.41, 5.74) is 5.26. The van der Waals surface area contributed by atoms with Crippen molar-refractivity contribution >= 4 is 17.4 Å². The van der Waals surface area contributed by atoms with E-state index in [2.05, 4.69) is 0 Å². The first-order chi connectivity index (χ1) is 8.46. The van der Waals surface area contributed by atoms with Gasteiger partial charge in [0.15, 0.2) is 0 Å². The van der Waals surface area contributed by atoms with Gasteiger partial charge < -0.3 is 5.73 Å². The highest BCUT2D eigenvalue weighted by Gasteiger charge is 2.28. The second-order valence-corrected chi connectivity index (χ2v) is 4.76. The highest BCUT2D eigenvalue weighted by Crippen LogP contribution is 2.38. The molecule has 2 rings (SSSR count). The Morgan fingerprint density at radius 1 is 0.889 bits per heavy atom. The van der Waals surface area contributed by atoms with Crippen LogP contribution in [0.25, 0.3) is 16.9 Å². The minimum Gasteiger partial charge on any atom is -0.698 e. The van der Waals surface area contributed by atoms with E-state index in [0.29, 0.717) is 11.3 Å². The van der Waals surface area contributed by atoms with E-state index in [1.807, 2.05) is 0 Å². The molecule has 2 aromatic rings. The first-order valence-electron chi connectivity index (χ1n) is 5.12. The Morgan fingerprint density at radius 3 is 2.06 bits per heavy atom. The lowest BCUT2D eigenvalue weighted by Gasteiger charge is -2.12. The Hall–Kier alpha value is -1.62. The van der Waals surface area contributed by atoms with Crippen LogP contribution in [0.4, 0.5) is 18.9 Å². The minimum absolute atomic E-state index is 0.138. The molecule has 0 atom stereocenters. The van der Waals surface area contributed by atoms with Crippen molar-refractivity contribution in [3.8, 4) is 11.1 Å². The largest absolute Gasteiger partial charge is 0.698 e. The van der Waals surface area contributed by atoms with E-state index in [-0.39, 0.29) is 16.7 Å². The quantitative estimate of drug-likeness (QED) is 0.646. The molecule has 1 N–H and O–H groups in total. The van der Waals surface area contributed by atoms with Crippen LogP contribution in [0.15, 0.2) is 53.4 Å². The van der Waals surface area contributed by atoms with Crippen molar-refractivity contribution in [2.45, 2.75) is 10.4 Å². The Labute approximate surface area is 107 Å². The highest BCUT2D eigenvalue weighted by molar-refractivity contribution is 8.00. The van der Waals surface area contributed by atoms with Crippen LogP contribution in [0, 0.1) is 0 Å². The van der Waals surface area contributed by atoms with Crippen LogP contribution in [0.3, 0.4) is 0 Å². The fraction of sp³-hybridized carbons (Fsp3) is 0.0769. The number of hydrogen-bond acceptors (Lipinski definition) is 1. The number of halogens is 3. The monoisotopic (exact) mass is 268 g/mol. The molecule has 0 amide bonds. The van der Waals surface area contributed by atoms with Crippen LogP contribution >= 0.6 is 11.8 Å². The van der Waals surface area contributed by atoms with Gasteiger partial charge in [0, 0.05) is 4.90 Å². The minimum atomic E-state index is -4.27. The molecule has 0 bridgehead atoms. The highest BCUT2D eigenvalue weighted by atomic mass is 32.2. The Bertz CT molecular complexity index is 535. The van der Waals surface area contributed by atoms with Crippen molar-refractivity contribution in [3.63, 3.8) is 0 Å². The summed E-state index contributed by atoms with van der Waals surface area (Å²) in [4.78, 5) is 0.147. The zero-order chi connectivity index (χ0) is 13.2. The van der Waals surface area contributed by atoms with Crippen molar-refractivity contribution in [1.82, 2.24) is 0 Å². The zero-order valence-electron chi connectivity index (χ0n) is 9.16. The average molecular weight is 268 g/mol. The molecule has 0 aromatic heterocycles. The van der Waals surface area contributed by atoms with E-state index in [1.165, 1.54) is 12.1 Å². The predicted molar refractivity (Wildman–Crippen MR) is 67.8 cm³/mol. The van der Waals surface area contributed by atoms with E-state index in [9.17, 15) is 13.2 Å². The fourth-order valence-electron chi connectivity index (χ4n) is 1.57. The van der Waals surface area contributed by atoms with Gasteiger partial charge in [0.1, 0.15) is 0 Å². The standard InChI is InChI=1S/C13H9F3NS/c14-13(15,16)18-10-7-5-9(6-8-10)11-3-1-2-4-12(11)17/h1-8,17H/q-1. The lowest BCUT2D eigenvalue weighted by Crippen LogP contribution is -1.98. The van der Waals surface area contributed by atoms with Gasteiger partial charge in [-0.25, -0.2) is 0 Å². The third-order valence-corrected chi connectivity index (χ3v) is 3.07. The number of rotatable bonds is 2. The van der Waals surface area contributed by atoms with Gasteiger partial charge in [0.05, 0.1) is 0 Å². The fourth-order valence-corrected chi connectivity index (χ4v) is 2.11. The summed E-state index contributed by atoms with van der Waals surface area (Å²) in [6.07, 6.45) is 0. The summed E-state index contributed by atoms with van der Waals surface area (Å²) in [5, 5.41) is 0. The van der Waals surface area contributed by atoms with Gasteiger partial charge >= 0.3 is 5.51 Å². The van der Waals surface area contributed by atoms with Gasteiger partial charge in [-0.2, -0.15) is 13.2 Å². The summed E-state index contributed by atoms with van der Waals surface area (Å²) < 4.78 is 36.5. The third-order valence-electron chi connectivity index (χ3n) is 2.33. The van der Waals surface area contributed by atoms with Crippen LogP contribution in [0.2, 0.25) is 0 Å². The van der Waals surface area contributed by atoms with Crippen LogP contribution in [0.1, 0.15) is 0 Å². The molecule has 0 radical (unpaired) electrons. The number of alkyl halides is 3. The number of benzene rings is 2. The summed E-state index contributed by atoms with van der Waals surface area (Å²) in [6, 6.07) is 13.0. The van der Waals surface area contributed by atoms with Crippen molar-refractivity contribution in [1.29, 1.82) is 0 Å². The molecule has 0 saturated heterocycles. The van der Waals surface area contributed by atoms with Gasteiger partial charge in [-0.05, 0) is 35.0 Å². The van der Waals surface area contributed by atoms with E-state index in [1.54, 1.807) is 36.4 Å². The maximum absolute atomic E-state index is 12.2. The molecule has 5 heteroatoms. The summed E-state index contributed by atoms with van der Waals surface area (Å²) in [7, 11) is 0. The molecule has 0 aliphatic heterocycles. The lowest BCUT2D eigenvalue weighted by atomic mass is 10.0. The molecule has 0 saturated carbocycles. The summed E-state index contributed by atoms with van der Waals surface area (Å²) >= 11 is -0.138. The van der Waals surface area contributed by atoms with Crippen LogP contribution < -0.4 is 0 Å². The van der Waals surface area contributed by atoms with E-state index in [0.717, 1.165) is 5.56 Å². The van der Waals surface area contributed by atoms with Gasteiger partial charge in [-0.15, -0.1) is 5.69 Å². The SMILES string of the molecule is [NH-]c1ccccc1-c1ccc(SC(F)(F)F)cc1. The van der Waals surface area contributed by atoms with E-state index < -0.39 is 5.51 Å². The number of thioether (sulfide) groups is 1. The maximum Gasteiger partial charge on any atom is 0.446 e. The van der Waals surface area contributed by atoms with E-state index in [4.69, 9.17) is 5.73 Å². The average Bonchev–Trinajstić information content (AvgIpc) is 2.29. The van der Waals surface area contributed by atoms with Gasteiger partial charge in [-0.1, -0.05) is 36.4 Å². The molecule has 2 aromatic carbocycles. The molecule has 0 aliphatic carbocycles. The third kappa shape index (κ3) is 3.20. The predicted octanol–water partition coefficient (Wildman–Crippen LogP) is 5.65. The van der Waals surface area contributed by atoms with Crippen LogP contribution in [-0.4, -0.2) is 5.51 Å². The summed E-state index contributed by atoms with van der Waals surface area (Å²) in [5.74, 6) is 0. The van der Waals surface area contributed by atoms with Crippen LogP contribution in [-0.2, 0) is 0 Å². The van der Waals surface area contributed by atoms with Gasteiger partial charge in [0.2, 0.25) is 0 Å². The Kier molecular flexibility index (Phi) is 3.52. The second-order valence-electron chi connectivity index (χ2n) is 3.62.